The number of aliphatic hydroxyl groups excluding tert-OH is 2. The van der Waals surface area contributed by atoms with E-state index in [2.05, 4.69) is 21.3 Å². The second kappa shape index (κ2) is 25.0. The van der Waals surface area contributed by atoms with Gasteiger partial charge in [0.1, 0.15) is 49.7 Å². The SMILES string of the molecule is CC(C)[C@H](NC(=O)OCc1ccccc1)C(=O)NC[C@@H](OCc1ccccc1)[C@@H](O)[C@H](O)[C@@H](CNC(=O)[C@@H](NC(=O)OCc1ccccc1)C(C)C)OCc1ccccc1. The van der Waals surface area contributed by atoms with E-state index in [1.54, 1.807) is 27.7 Å². The van der Waals surface area contributed by atoms with Gasteiger partial charge in [-0.15, -0.1) is 0 Å². The minimum absolute atomic E-state index is 0.0164. The number of carbonyl (C=O) groups excluding carboxylic acids is 4. The molecule has 0 aromatic heterocycles. The van der Waals surface area contributed by atoms with Crippen molar-refractivity contribution in [2.24, 2.45) is 11.8 Å². The average Bonchev–Trinajstić information content (AvgIpc) is 3.26. The average molecular weight is 827 g/mol. The maximum absolute atomic E-state index is 13.6. The van der Waals surface area contributed by atoms with Crippen molar-refractivity contribution < 1.29 is 48.3 Å². The molecule has 6 N–H and O–H groups in total. The predicted octanol–water partition coefficient (Wildman–Crippen LogP) is 5.01. The van der Waals surface area contributed by atoms with Crippen LogP contribution in [0.1, 0.15) is 49.9 Å². The van der Waals surface area contributed by atoms with Gasteiger partial charge in [0, 0.05) is 13.1 Å². The van der Waals surface area contributed by atoms with E-state index in [9.17, 15) is 29.4 Å². The van der Waals surface area contributed by atoms with E-state index >= 15 is 0 Å². The summed E-state index contributed by atoms with van der Waals surface area (Å²) >= 11 is 0. The van der Waals surface area contributed by atoms with Gasteiger partial charge in [0.25, 0.3) is 0 Å². The van der Waals surface area contributed by atoms with Gasteiger partial charge in [0.15, 0.2) is 0 Å². The van der Waals surface area contributed by atoms with Crippen LogP contribution in [0.2, 0.25) is 0 Å². The lowest BCUT2D eigenvalue weighted by molar-refractivity contribution is -0.146. The maximum Gasteiger partial charge on any atom is 0.408 e. The van der Waals surface area contributed by atoms with E-state index in [-0.39, 0.29) is 51.4 Å². The molecule has 0 heterocycles. The largest absolute Gasteiger partial charge is 0.445 e. The Morgan fingerprint density at radius 3 is 1.03 bits per heavy atom. The number of carbonyl (C=O) groups is 4. The van der Waals surface area contributed by atoms with Crippen molar-refractivity contribution in [2.45, 2.75) is 90.6 Å². The fourth-order valence-corrected chi connectivity index (χ4v) is 6.03. The zero-order valence-corrected chi connectivity index (χ0v) is 34.6. The number of aliphatic hydroxyl groups is 2. The van der Waals surface area contributed by atoms with Crippen LogP contribution in [0.5, 0.6) is 0 Å². The molecule has 0 saturated carbocycles. The first-order chi connectivity index (χ1) is 28.9. The first kappa shape index (κ1) is 46.9. The summed E-state index contributed by atoms with van der Waals surface area (Å²) in [6.07, 6.45) is -7.24. The van der Waals surface area contributed by atoms with Gasteiger partial charge in [0.05, 0.1) is 13.2 Å². The van der Waals surface area contributed by atoms with Crippen LogP contribution in [-0.2, 0) is 55.0 Å². The molecule has 14 heteroatoms. The van der Waals surface area contributed by atoms with Gasteiger partial charge in [-0.25, -0.2) is 9.59 Å². The molecule has 0 fully saturated rings. The topological polar surface area (TPSA) is 194 Å². The normalized spacial score (nSPS) is 14.2. The number of alkyl carbamates (subject to hydrolysis) is 2. The van der Waals surface area contributed by atoms with Gasteiger partial charge in [-0.05, 0) is 34.1 Å². The Morgan fingerprint density at radius 1 is 0.467 bits per heavy atom. The monoisotopic (exact) mass is 826 g/mol. The zero-order chi connectivity index (χ0) is 43.3. The molecule has 0 aliphatic heterocycles. The molecule has 0 unspecified atom stereocenters. The molecule has 0 spiro atoms. The molecule has 0 bridgehead atoms. The summed E-state index contributed by atoms with van der Waals surface area (Å²) in [6, 6.07) is 34.6. The number of ether oxygens (including phenoxy) is 4. The molecule has 0 aliphatic rings. The van der Waals surface area contributed by atoms with Crippen molar-refractivity contribution in [3.8, 4) is 0 Å². The number of rotatable bonds is 23. The smallest absolute Gasteiger partial charge is 0.408 e. The number of amides is 4. The van der Waals surface area contributed by atoms with Crippen LogP contribution < -0.4 is 21.3 Å². The summed E-state index contributed by atoms with van der Waals surface area (Å²) in [5.41, 5.74) is 3.12. The fraction of sp³-hybridized carbons (Fsp3) is 0.391. The predicted molar refractivity (Wildman–Crippen MR) is 225 cm³/mol. The zero-order valence-electron chi connectivity index (χ0n) is 34.6. The molecular formula is C46H58N4O10. The van der Waals surface area contributed by atoms with Gasteiger partial charge in [-0.3, -0.25) is 9.59 Å². The van der Waals surface area contributed by atoms with E-state index in [0.717, 1.165) is 22.3 Å². The first-order valence-electron chi connectivity index (χ1n) is 20.1. The van der Waals surface area contributed by atoms with Crippen LogP contribution in [-0.4, -0.2) is 83.8 Å². The molecule has 4 amide bonds. The van der Waals surface area contributed by atoms with Crippen LogP contribution in [0.25, 0.3) is 0 Å². The third kappa shape index (κ3) is 16.1. The summed E-state index contributed by atoms with van der Waals surface area (Å²) in [4.78, 5) is 52.5. The lowest BCUT2D eigenvalue weighted by atomic mass is 10.00. The third-order valence-corrected chi connectivity index (χ3v) is 9.55. The van der Waals surface area contributed by atoms with E-state index < -0.39 is 60.5 Å². The van der Waals surface area contributed by atoms with E-state index in [1.807, 2.05) is 121 Å². The molecule has 4 aromatic rings. The highest BCUT2D eigenvalue weighted by Gasteiger charge is 2.36. The summed E-state index contributed by atoms with van der Waals surface area (Å²) in [6.45, 7) is 6.60. The summed E-state index contributed by atoms with van der Waals surface area (Å²) < 4.78 is 22.9. The van der Waals surface area contributed by atoms with Crippen LogP contribution in [0.15, 0.2) is 121 Å². The number of nitrogens with one attached hydrogen (secondary N) is 4. The molecule has 0 aliphatic carbocycles. The highest BCUT2D eigenvalue weighted by atomic mass is 16.6. The molecule has 4 rings (SSSR count). The second-order valence-corrected chi connectivity index (χ2v) is 15.0. The van der Waals surface area contributed by atoms with Crippen LogP contribution in [0, 0.1) is 11.8 Å². The first-order valence-corrected chi connectivity index (χ1v) is 20.1. The molecule has 14 nitrogen and oxygen atoms in total. The quantitative estimate of drug-likeness (QED) is 0.0592. The van der Waals surface area contributed by atoms with Crippen molar-refractivity contribution in [1.82, 2.24) is 21.3 Å². The number of hydrogen-bond donors (Lipinski definition) is 6. The van der Waals surface area contributed by atoms with Crippen molar-refractivity contribution in [3.63, 3.8) is 0 Å². The maximum atomic E-state index is 13.6. The molecule has 0 radical (unpaired) electrons. The Labute approximate surface area is 352 Å². The van der Waals surface area contributed by atoms with Crippen LogP contribution in [0.4, 0.5) is 9.59 Å². The van der Waals surface area contributed by atoms with Crippen LogP contribution in [0.3, 0.4) is 0 Å². The lowest BCUT2D eigenvalue weighted by Crippen LogP contribution is -2.56. The van der Waals surface area contributed by atoms with Crippen molar-refractivity contribution in [1.29, 1.82) is 0 Å². The second-order valence-electron chi connectivity index (χ2n) is 15.0. The lowest BCUT2D eigenvalue weighted by Gasteiger charge is -2.33. The Hall–Kier alpha value is -5.80. The Morgan fingerprint density at radius 2 is 0.750 bits per heavy atom. The molecule has 60 heavy (non-hydrogen) atoms. The number of hydrogen-bond acceptors (Lipinski definition) is 10. The summed E-state index contributed by atoms with van der Waals surface area (Å²) in [7, 11) is 0. The standard InChI is InChI=1S/C46H58N4O10/c1-31(2)39(49-45(55)59-29-35-21-13-7-14-22-35)43(53)47-25-37(57-27-33-17-9-5-10-18-33)41(51)42(52)38(58-28-34-19-11-6-12-20-34)26-48-44(54)40(32(3)4)50-46(56)60-30-36-23-15-8-16-24-36/h5-24,31-32,37-42,51-52H,25-30H2,1-4H3,(H,47,53)(H,48,54)(H,49,55)(H,50,56)/t37-,38-,39+,40+,41-,42-/m1/s1. The van der Waals surface area contributed by atoms with Gasteiger partial charge < -0.3 is 50.4 Å². The van der Waals surface area contributed by atoms with E-state index in [1.165, 1.54) is 0 Å². The van der Waals surface area contributed by atoms with Gasteiger partial charge in [-0.2, -0.15) is 0 Å². The summed E-state index contributed by atoms with van der Waals surface area (Å²) in [5, 5.41) is 34.3. The van der Waals surface area contributed by atoms with Gasteiger partial charge in [-0.1, -0.05) is 149 Å². The molecular weight excluding hydrogens is 769 g/mol. The Kier molecular flexibility index (Phi) is 19.5. The molecule has 4 aromatic carbocycles. The molecule has 322 valence electrons. The van der Waals surface area contributed by atoms with Crippen molar-refractivity contribution >= 4 is 24.0 Å². The van der Waals surface area contributed by atoms with Crippen LogP contribution >= 0.6 is 0 Å². The Bertz CT molecular complexity index is 1730. The Balaban J connectivity index is 1.46. The van der Waals surface area contributed by atoms with E-state index in [4.69, 9.17) is 18.9 Å². The van der Waals surface area contributed by atoms with Gasteiger partial charge in [0.2, 0.25) is 11.8 Å². The van der Waals surface area contributed by atoms with E-state index in [0.29, 0.717) is 0 Å². The van der Waals surface area contributed by atoms with Gasteiger partial charge >= 0.3 is 12.2 Å². The minimum Gasteiger partial charge on any atom is -0.445 e. The number of benzene rings is 4. The summed E-state index contributed by atoms with van der Waals surface area (Å²) in [5.74, 6) is -1.81. The highest BCUT2D eigenvalue weighted by Crippen LogP contribution is 2.16. The third-order valence-electron chi connectivity index (χ3n) is 9.55. The van der Waals surface area contributed by atoms with Crippen molar-refractivity contribution in [3.05, 3.63) is 144 Å². The highest BCUT2D eigenvalue weighted by molar-refractivity contribution is 5.86. The fourth-order valence-electron chi connectivity index (χ4n) is 6.03. The minimum atomic E-state index is -1.65. The van der Waals surface area contributed by atoms with Crippen molar-refractivity contribution in [2.75, 3.05) is 13.1 Å². The molecule has 0 saturated heterocycles. The molecule has 6 atom stereocenters.